The largest absolute Gasteiger partial charge is 0.395 e. The van der Waals surface area contributed by atoms with Crippen LogP contribution in [0.4, 0.5) is 0 Å². The molecule has 0 saturated carbocycles. The van der Waals surface area contributed by atoms with Gasteiger partial charge >= 0.3 is 0 Å². The molecule has 2 atom stereocenters. The van der Waals surface area contributed by atoms with Crippen LogP contribution in [0.2, 0.25) is 0 Å². The zero-order valence-corrected chi connectivity index (χ0v) is 6.98. The second-order valence-corrected chi connectivity index (χ2v) is 3.26. The third-order valence-corrected chi connectivity index (χ3v) is 2.63. The smallest absolute Gasteiger partial charge is 0.0559 e. The Kier molecular flexibility index (Phi) is 4.57. The summed E-state index contributed by atoms with van der Waals surface area (Å²) in [7, 11) is 0. The number of hydrogen-bond donors (Lipinski definition) is 1. The minimum Gasteiger partial charge on any atom is -0.395 e. The molecule has 0 amide bonds. The van der Waals surface area contributed by atoms with Crippen molar-refractivity contribution in [2.45, 2.75) is 25.1 Å². The third-order valence-electron chi connectivity index (χ3n) is 1.44. The van der Waals surface area contributed by atoms with Gasteiger partial charge in [-0.15, -0.1) is 0 Å². The number of aliphatic hydroxyl groups is 1. The molecule has 50 valence electrons. The average Bonchev–Trinajstić information content (AvgIpc) is 1.84. The van der Waals surface area contributed by atoms with E-state index in [1.165, 1.54) is 0 Å². The molecule has 0 aliphatic carbocycles. The fourth-order valence-corrected chi connectivity index (χ4v) is 0.810. The van der Waals surface area contributed by atoms with E-state index < -0.39 is 0 Å². The molecule has 1 nitrogen and oxygen atoms in total. The molecule has 0 fully saturated rings. The van der Waals surface area contributed by atoms with Crippen LogP contribution < -0.4 is 0 Å². The summed E-state index contributed by atoms with van der Waals surface area (Å²) in [5.74, 6) is 0.583. The Balaban J connectivity index is 3.29. The summed E-state index contributed by atoms with van der Waals surface area (Å²) < 4.78 is 0. The standard InChI is InChI=1S/C6H13BrO/c1-3-5(2)6(7)4-8/h5-6,8H,3-4H2,1-2H3/t5-,6-/m0/s1. The quantitative estimate of drug-likeness (QED) is 0.658. The van der Waals surface area contributed by atoms with Gasteiger partial charge in [0.15, 0.2) is 0 Å². The van der Waals surface area contributed by atoms with Gasteiger partial charge in [0.2, 0.25) is 0 Å². The van der Waals surface area contributed by atoms with Crippen molar-refractivity contribution < 1.29 is 5.11 Å². The van der Waals surface area contributed by atoms with E-state index in [1.807, 2.05) is 0 Å². The fourth-order valence-electron chi connectivity index (χ4n) is 0.436. The first-order valence-electron chi connectivity index (χ1n) is 2.97. The zero-order chi connectivity index (χ0) is 6.57. The number of aliphatic hydroxyl groups excluding tert-OH is 1. The Bertz CT molecular complexity index is 48.5. The number of halogens is 1. The van der Waals surface area contributed by atoms with E-state index in [-0.39, 0.29) is 11.4 Å². The summed E-state index contributed by atoms with van der Waals surface area (Å²) >= 11 is 3.35. The number of hydrogen-bond acceptors (Lipinski definition) is 1. The molecule has 0 bridgehead atoms. The molecular formula is C6H13BrO. The van der Waals surface area contributed by atoms with Crippen LogP contribution >= 0.6 is 15.9 Å². The summed E-state index contributed by atoms with van der Waals surface area (Å²) in [6.07, 6.45) is 1.12. The van der Waals surface area contributed by atoms with Crippen molar-refractivity contribution in [1.29, 1.82) is 0 Å². The fraction of sp³-hybridized carbons (Fsp3) is 1.00. The van der Waals surface area contributed by atoms with Gasteiger partial charge in [-0.05, 0) is 5.92 Å². The lowest BCUT2D eigenvalue weighted by atomic mass is 10.1. The predicted octanol–water partition coefficient (Wildman–Crippen LogP) is 1.79. The lowest BCUT2D eigenvalue weighted by Crippen LogP contribution is -2.13. The molecule has 0 saturated heterocycles. The SMILES string of the molecule is CC[C@H](C)[C@@H](Br)CO. The Morgan fingerprint density at radius 1 is 1.62 bits per heavy atom. The van der Waals surface area contributed by atoms with Crippen molar-refractivity contribution in [3.63, 3.8) is 0 Å². The summed E-state index contributed by atoms with van der Waals surface area (Å²) in [5.41, 5.74) is 0. The van der Waals surface area contributed by atoms with E-state index in [0.717, 1.165) is 6.42 Å². The van der Waals surface area contributed by atoms with Gasteiger partial charge in [0, 0.05) is 4.83 Å². The predicted molar refractivity (Wildman–Crippen MR) is 39.3 cm³/mol. The van der Waals surface area contributed by atoms with E-state index >= 15 is 0 Å². The van der Waals surface area contributed by atoms with E-state index in [2.05, 4.69) is 29.8 Å². The molecule has 8 heavy (non-hydrogen) atoms. The van der Waals surface area contributed by atoms with Gasteiger partial charge in [0.1, 0.15) is 0 Å². The molecular weight excluding hydrogens is 168 g/mol. The van der Waals surface area contributed by atoms with E-state index in [4.69, 9.17) is 5.11 Å². The van der Waals surface area contributed by atoms with Crippen LogP contribution in [-0.4, -0.2) is 16.5 Å². The maximum atomic E-state index is 8.59. The number of alkyl halides is 1. The normalized spacial score (nSPS) is 18.0. The average molecular weight is 181 g/mol. The highest BCUT2D eigenvalue weighted by molar-refractivity contribution is 9.09. The van der Waals surface area contributed by atoms with Gasteiger partial charge < -0.3 is 5.11 Å². The highest BCUT2D eigenvalue weighted by atomic mass is 79.9. The van der Waals surface area contributed by atoms with Crippen molar-refractivity contribution in [3.05, 3.63) is 0 Å². The van der Waals surface area contributed by atoms with Crippen LogP contribution in [0, 0.1) is 5.92 Å². The minimum atomic E-state index is 0.245. The van der Waals surface area contributed by atoms with Crippen molar-refractivity contribution >= 4 is 15.9 Å². The highest BCUT2D eigenvalue weighted by Crippen LogP contribution is 2.14. The first kappa shape index (κ1) is 8.44. The van der Waals surface area contributed by atoms with Crippen LogP contribution in [0.3, 0.4) is 0 Å². The van der Waals surface area contributed by atoms with Gasteiger partial charge in [0.25, 0.3) is 0 Å². The summed E-state index contributed by atoms with van der Waals surface area (Å²) in [4.78, 5) is 0.285. The van der Waals surface area contributed by atoms with Crippen LogP contribution in [0.15, 0.2) is 0 Å². The minimum absolute atomic E-state index is 0.245. The molecule has 1 N–H and O–H groups in total. The maximum absolute atomic E-state index is 8.59. The van der Waals surface area contributed by atoms with Crippen molar-refractivity contribution in [3.8, 4) is 0 Å². The molecule has 0 aromatic heterocycles. The molecule has 0 unspecified atom stereocenters. The van der Waals surface area contributed by atoms with Gasteiger partial charge in [0.05, 0.1) is 6.61 Å². The molecule has 0 aliphatic rings. The second kappa shape index (κ2) is 4.33. The maximum Gasteiger partial charge on any atom is 0.0559 e. The van der Waals surface area contributed by atoms with Crippen LogP contribution in [0.1, 0.15) is 20.3 Å². The van der Waals surface area contributed by atoms with Crippen molar-refractivity contribution in [1.82, 2.24) is 0 Å². The van der Waals surface area contributed by atoms with Crippen LogP contribution in [-0.2, 0) is 0 Å². The molecule has 0 aromatic carbocycles. The molecule has 0 aromatic rings. The Morgan fingerprint density at radius 3 is 2.25 bits per heavy atom. The Labute approximate surface area is 59.2 Å². The summed E-state index contributed by atoms with van der Waals surface area (Å²) in [6.45, 7) is 4.49. The topological polar surface area (TPSA) is 20.2 Å². The van der Waals surface area contributed by atoms with Crippen LogP contribution in [0.5, 0.6) is 0 Å². The highest BCUT2D eigenvalue weighted by Gasteiger charge is 2.08. The monoisotopic (exact) mass is 180 g/mol. The van der Waals surface area contributed by atoms with E-state index in [0.29, 0.717) is 5.92 Å². The third kappa shape index (κ3) is 2.68. The molecule has 2 heteroatoms. The first-order chi connectivity index (χ1) is 3.72. The van der Waals surface area contributed by atoms with Gasteiger partial charge in [-0.2, -0.15) is 0 Å². The molecule has 0 heterocycles. The second-order valence-electron chi connectivity index (χ2n) is 2.08. The Morgan fingerprint density at radius 2 is 2.12 bits per heavy atom. The number of rotatable bonds is 3. The lowest BCUT2D eigenvalue weighted by Gasteiger charge is -2.12. The first-order valence-corrected chi connectivity index (χ1v) is 3.88. The van der Waals surface area contributed by atoms with Crippen molar-refractivity contribution in [2.24, 2.45) is 5.92 Å². The van der Waals surface area contributed by atoms with Crippen LogP contribution in [0.25, 0.3) is 0 Å². The van der Waals surface area contributed by atoms with E-state index in [1.54, 1.807) is 0 Å². The van der Waals surface area contributed by atoms with E-state index in [9.17, 15) is 0 Å². The zero-order valence-electron chi connectivity index (χ0n) is 5.39. The molecule has 0 spiro atoms. The van der Waals surface area contributed by atoms with Gasteiger partial charge in [-0.3, -0.25) is 0 Å². The van der Waals surface area contributed by atoms with Gasteiger partial charge in [-0.25, -0.2) is 0 Å². The lowest BCUT2D eigenvalue weighted by molar-refractivity contribution is 0.271. The Hall–Kier alpha value is 0.440. The summed E-state index contributed by atoms with van der Waals surface area (Å²) in [6, 6.07) is 0. The molecule has 0 rings (SSSR count). The van der Waals surface area contributed by atoms with Crippen molar-refractivity contribution in [2.75, 3.05) is 6.61 Å². The summed E-state index contributed by atoms with van der Waals surface area (Å²) in [5, 5.41) is 8.59. The molecule has 0 radical (unpaired) electrons. The van der Waals surface area contributed by atoms with Gasteiger partial charge in [-0.1, -0.05) is 36.2 Å². The molecule has 0 aliphatic heterocycles.